The minimum Gasteiger partial charge on any atom is -0.444 e. The Hall–Kier alpha value is -3.62. The third-order valence-corrected chi connectivity index (χ3v) is 8.68. The fraction of sp³-hybridized carbons (Fsp3) is 0.412. The van der Waals surface area contributed by atoms with Gasteiger partial charge in [-0.05, 0) is 101 Å². The van der Waals surface area contributed by atoms with Gasteiger partial charge in [-0.2, -0.15) is 0 Å². The average molecular weight is 566 g/mol. The molecule has 7 nitrogen and oxygen atoms in total. The summed E-state index contributed by atoms with van der Waals surface area (Å²) in [6.07, 6.45) is 1.51. The van der Waals surface area contributed by atoms with E-state index in [1.807, 2.05) is 26.8 Å². The van der Waals surface area contributed by atoms with Crippen molar-refractivity contribution in [3.05, 3.63) is 72.6 Å². The summed E-state index contributed by atoms with van der Waals surface area (Å²) in [7, 11) is -0.363. The zero-order valence-corrected chi connectivity index (χ0v) is 25.7. The molecule has 1 atom stereocenters. The molecule has 8 heteroatoms. The summed E-state index contributed by atoms with van der Waals surface area (Å²) in [6.45, 7) is 14.6. The average Bonchev–Trinajstić information content (AvgIpc) is 3.63. The molecular formula is C34H40BN3O4. The predicted molar refractivity (Wildman–Crippen MR) is 168 cm³/mol. The lowest BCUT2D eigenvalue weighted by molar-refractivity contribution is 0.00578. The summed E-state index contributed by atoms with van der Waals surface area (Å²) in [5.41, 5.74) is 6.15. The van der Waals surface area contributed by atoms with E-state index in [4.69, 9.17) is 19.0 Å². The Kier molecular flexibility index (Phi) is 6.98. The number of ether oxygens (including phenoxy) is 1. The van der Waals surface area contributed by atoms with Crippen LogP contribution in [-0.2, 0) is 14.0 Å². The molecule has 2 aliphatic heterocycles. The molecule has 2 fully saturated rings. The van der Waals surface area contributed by atoms with Gasteiger partial charge in [-0.25, -0.2) is 9.78 Å². The molecule has 1 unspecified atom stereocenters. The highest BCUT2D eigenvalue weighted by Crippen LogP contribution is 2.37. The Bertz CT molecular complexity index is 1590. The SMILES string of the molecule is CC(C)(C)OC(=O)N1CCCC1c1nc2ccc(-c3ccc(-c4ccc(B5OC(C)(C)C(C)(C)O5)cc4)cc3)cc2[nH]1. The number of nitrogens with one attached hydrogen (secondary N) is 1. The number of benzene rings is 3. The highest BCUT2D eigenvalue weighted by Gasteiger charge is 2.51. The van der Waals surface area contributed by atoms with Crippen molar-refractivity contribution in [2.24, 2.45) is 0 Å². The number of hydrogen-bond acceptors (Lipinski definition) is 5. The number of carbonyl (C=O) groups excluding carboxylic acids is 1. The van der Waals surface area contributed by atoms with Gasteiger partial charge in [0.25, 0.3) is 0 Å². The van der Waals surface area contributed by atoms with Gasteiger partial charge in [0.1, 0.15) is 11.4 Å². The summed E-state index contributed by atoms with van der Waals surface area (Å²) >= 11 is 0. The summed E-state index contributed by atoms with van der Waals surface area (Å²) in [5, 5.41) is 0. The number of H-pyrrole nitrogens is 1. The van der Waals surface area contributed by atoms with E-state index < -0.39 is 5.60 Å². The van der Waals surface area contributed by atoms with Gasteiger partial charge in [0, 0.05) is 6.54 Å². The molecular weight excluding hydrogens is 525 g/mol. The van der Waals surface area contributed by atoms with Crippen LogP contribution in [0.5, 0.6) is 0 Å². The second-order valence-corrected chi connectivity index (χ2v) is 13.5. The van der Waals surface area contributed by atoms with Crippen molar-refractivity contribution < 1.29 is 18.8 Å². The minimum atomic E-state index is -0.528. The van der Waals surface area contributed by atoms with E-state index in [9.17, 15) is 4.79 Å². The summed E-state index contributed by atoms with van der Waals surface area (Å²) < 4.78 is 18.0. The molecule has 2 saturated heterocycles. The van der Waals surface area contributed by atoms with Crippen LogP contribution in [0, 0.1) is 0 Å². The number of carbonyl (C=O) groups is 1. The van der Waals surface area contributed by atoms with Crippen molar-refractivity contribution in [1.29, 1.82) is 0 Å². The van der Waals surface area contributed by atoms with Crippen LogP contribution in [0.1, 0.15) is 73.2 Å². The first kappa shape index (κ1) is 28.5. The minimum absolute atomic E-state index is 0.105. The topological polar surface area (TPSA) is 76.7 Å². The molecule has 3 aromatic carbocycles. The van der Waals surface area contributed by atoms with E-state index in [0.717, 1.165) is 57.4 Å². The molecule has 0 radical (unpaired) electrons. The van der Waals surface area contributed by atoms with Gasteiger partial charge in [-0.15, -0.1) is 0 Å². The number of aromatic nitrogens is 2. The number of fused-ring (bicyclic) bond motifs is 1. The second kappa shape index (κ2) is 10.3. The van der Waals surface area contributed by atoms with Crippen LogP contribution >= 0.6 is 0 Å². The second-order valence-electron chi connectivity index (χ2n) is 13.5. The molecule has 4 aromatic rings. The van der Waals surface area contributed by atoms with Crippen LogP contribution in [-0.4, -0.2) is 51.4 Å². The fourth-order valence-corrected chi connectivity index (χ4v) is 5.62. The van der Waals surface area contributed by atoms with E-state index in [-0.39, 0.29) is 30.5 Å². The smallest absolute Gasteiger partial charge is 0.444 e. The van der Waals surface area contributed by atoms with Gasteiger partial charge in [-0.1, -0.05) is 54.6 Å². The maximum absolute atomic E-state index is 12.8. The van der Waals surface area contributed by atoms with Gasteiger partial charge >= 0.3 is 13.2 Å². The lowest BCUT2D eigenvalue weighted by Gasteiger charge is -2.32. The Morgan fingerprint density at radius 2 is 1.45 bits per heavy atom. The van der Waals surface area contributed by atoms with E-state index in [0.29, 0.717) is 6.54 Å². The van der Waals surface area contributed by atoms with Crippen molar-refractivity contribution in [2.45, 2.75) is 84.2 Å². The van der Waals surface area contributed by atoms with Crippen LogP contribution in [0.2, 0.25) is 0 Å². The van der Waals surface area contributed by atoms with Gasteiger partial charge in [0.05, 0.1) is 28.3 Å². The summed E-state index contributed by atoms with van der Waals surface area (Å²) in [6, 6.07) is 23.2. The van der Waals surface area contributed by atoms with Crippen LogP contribution in [0.4, 0.5) is 4.79 Å². The van der Waals surface area contributed by atoms with Crippen molar-refractivity contribution in [3.8, 4) is 22.3 Å². The number of amides is 1. The third-order valence-electron chi connectivity index (χ3n) is 8.68. The van der Waals surface area contributed by atoms with Gasteiger partial charge in [0.2, 0.25) is 0 Å². The van der Waals surface area contributed by atoms with E-state index >= 15 is 0 Å². The third kappa shape index (κ3) is 5.46. The van der Waals surface area contributed by atoms with Crippen LogP contribution in [0.25, 0.3) is 33.3 Å². The molecule has 2 aliphatic rings. The van der Waals surface area contributed by atoms with Gasteiger partial charge < -0.3 is 19.0 Å². The normalized spacial score (nSPS) is 19.9. The highest BCUT2D eigenvalue weighted by molar-refractivity contribution is 6.62. The van der Waals surface area contributed by atoms with Crippen molar-refractivity contribution in [3.63, 3.8) is 0 Å². The molecule has 218 valence electrons. The largest absolute Gasteiger partial charge is 0.494 e. The summed E-state index contributed by atoms with van der Waals surface area (Å²) in [4.78, 5) is 22.9. The van der Waals surface area contributed by atoms with Crippen LogP contribution in [0.15, 0.2) is 66.7 Å². The number of likely N-dealkylation sites (tertiary alicyclic amines) is 1. The molecule has 0 saturated carbocycles. The van der Waals surface area contributed by atoms with E-state index in [1.54, 1.807) is 4.90 Å². The summed E-state index contributed by atoms with van der Waals surface area (Å²) in [5.74, 6) is 0.810. The molecule has 0 aliphatic carbocycles. The van der Waals surface area contributed by atoms with Crippen LogP contribution < -0.4 is 5.46 Å². The maximum Gasteiger partial charge on any atom is 0.494 e. The number of rotatable bonds is 4. The molecule has 1 N–H and O–H groups in total. The number of nitrogens with zero attached hydrogens (tertiary/aromatic N) is 2. The Morgan fingerprint density at radius 3 is 2.05 bits per heavy atom. The quantitative estimate of drug-likeness (QED) is 0.264. The first-order valence-electron chi connectivity index (χ1n) is 14.9. The van der Waals surface area contributed by atoms with Gasteiger partial charge in [-0.3, -0.25) is 4.90 Å². The zero-order valence-electron chi connectivity index (χ0n) is 25.7. The van der Waals surface area contributed by atoms with E-state index in [1.165, 1.54) is 0 Å². The van der Waals surface area contributed by atoms with Crippen molar-refractivity contribution in [1.82, 2.24) is 14.9 Å². The van der Waals surface area contributed by atoms with Crippen molar-refractivity contribution >= 4 is 29.7 Å². The Labute approximate surface area is 248 Å². The van der Waals surface area contributed by atoms with Gasteiger partial charge in [0.15, 0.2) is 0 Å². The maximum atomic E-state index is 12.8. The monoisotopic (exact) mass is 565 g/mol. The fourth-order valence-electron chi connectivity index (χ4n) is 5.62. The molecule has 0 spiro atoms. The molecule has 0 bridgehead atoms. The van der Waals surface area contributed by atoms with Crippen molar-refractivity contribution in [2.75, 3.05) is 6.54 Å². The Morgan fingerprint density at radius 1 is 0.905 bits per heavy atom. The lowest BCUT2D eigenvalue weighted by atomic mass is 9.78. The molecule has 3 heterocycles. The first-order valence-corrected chi connectivity index (χ1v) is 14.9. The highest BCUT2D eigenvalue weighted by atomic mass is 16.7. The molecule has 1 aromatic heterocycles. The standard InChI is InChI=1S/C34H40BN3O4/c1-32(2,3)40-31(39)38-20-8-9-29(38)30-36-27-19-16-25(21-28(27)37-30)24-12-10-22(11-13-24)23-14-17-26(18-15-23)35-41-33(4,5)34(6,7)42-35/h10-19,21,29H,8-9,20H2,1-7H3,(H,36,37). The van der Waals surface area contributed by atoms with Crippen LogP contribution in [0.3, 0.4) is 0 Å². The first-order chi connectivity index (χ1) is 19.8. The molecule has 1 amide bonds. The zero-order chi connectivity index (χ0) is 29.9. The predicted octanol–water partition coefficient (Wildman–Crippen LogP) is 7.27. The number of imidazole rings is 1. The molecule has 42 heavy (non-hydrogen) atoms. The Balaban J connectivity index is 1.17. The number of aromatic amines is 1. The molecule has 6 rings (SSSR count). The van der Waals surface area contributed by atoms with E-state index in [2.05, 4.69) is 93.3 Å². The number of hydrogen-bond donors (Lipinski definition) is 1. The lowest BCUT2D eigenvalue weighted by Crippen LogP contribution is -2.41.